The molecule has 0 saturated carbocycles. The molecule has 25 heavy (non-hydrogen) atoms. The summed E-state index contributed by atoms with van der Waals surface area (Å²) in [5.41, 5.74) is 0.781. The summed E-state index contributed by atoms with van der Waals surface area (Å²) in [7, 11) is -3.81. The number of amides is 1. The van der Waals surface area contributed by atoms with Gasteiger partial charge in [0.05, 0.1) is 33.6 Å². The van der Waals surface area contributed by atoms with Gasteiger partial charge < -0.3 is 5.32 Å². The Hall–Kier alpha value is -2.27. The van der Waals surface area contributed by atoms with Gasteiger partial charge in [0.2, 0.25) is 15.9 Å². The van der Waals surface area contributed by atoms with Crippen LogP contribution in [0.4, 0.5) is 11.4 Å². The van der Waals surface area contributed by atoms with Crippen LogP contribution in [0.2, 0.25) is 10.0 Å². The Morgan fingerprint density at radius 2 is 1.80 bits per heavy atom. The predicted molar refractivity (Wildman–Crippen MR) is 98.4 cm³/mol. The number of halogens is 2. The topological polar surface area (TPSA) is 90.3 Å². The number of benzene rings is 2. The smallest absolute Gasteiger partial charge is 0.245 e. The average molecular weight is 398 g/mol. The lowest BCUT2D eigenvalue weighted by molar-refractivity contribution is -0.114. The average Bonchev–Trinajstić information content (AvgIpc) is 2.53. The molecule has 0 radical (unpaired) electrons. The van der Waals surface area contributed by atoms with Gasteiger partial charge in [-0.3, -0.25) is 9.10 Å². The number of nitrogens with zero attached hydrogens (tertiary/aromatic N) is 2. The summed E-state index contributed by atoms with van der Waals surface area (Å²) >= 11 is 12.1. The summed E-state index contributed by atoms with van der Waals surface area (Å²) in [6.45, 7) is -0.515. The van der Waals surface area contributed by atoms with Gasteiger partial charge in [-0.2, -0.15) is 5.26 Å². The Morgan fingerprint density at radius 3 is 2.36 bits per heavy atom. The van der Waals surface area contributed by atoms with Gasteiger partial charge in [0.1, 0.15) is 6.54 Å². The Labute approximate surface area is 155 Å². The zero-order chi connectivity index (χ0) is 18.6. The van der Waals surface area contributed by atoms with Crippen molar-refractivity contribution in [1.29, 1.82) is 5.26 Å². The molecule has 0 bridgehead atoms. The summed E-state index contributed by atoms with van der Waals surface area (Å²) in [4.78, 5) is 12.3. The first-order valence-electron chi connectivity index (χ1n) is 6.94. The lowest BCUT2D eigenvalue weighted by atomic mass is 10.2. The van der Waals surface area contributed by atoms with Gasteiger partial charge in [-0.25, -0.2) is 8.42 Å². The fourth-order valence-electron chi connectivity index (χ4n) is 2.09. The Balaban J connectivity index is 2.29. The molecule has 2 rings (SSSR count). The van der Waals surface area contributed by atoms with E-state index in [0.29, 0.717) is 11.3 Å². The molecule has 130 valence electrons. The van der Waals surface area contributed by atoms with Gasteiger partial charge in [-0.15, -0.1) is 0 Å². The molecular weight excluding hydrogens is 385 g/mol. The number of nitrogens with one attached hydrogen (secondary N) is 1. The highest BCUT2D eigenvalue weighted by molar-refractivity contribution is 7.92. The van der Waals surface area contributed by atoms with Crippen LogP contribution >= 0.6 is 23.2 Å². The van der Waals surface area contributed by atoms with E-state index in [2.05, 4.69) is 5.32 Å². The molecule has 1 amide bonds. The third-order valence-electron chi connectivity index (χ3n) is 3.15. The highest BCUT2D eigenvalue weighted by atomic mass is 35.5. The first kappa shape index (κ1) is 19.1. The van der Waals surface area contributed by atoms with E-state index < -0.39 is 22.5 Å². The van der Waals surface area contributed by atoms with Crippen molar-refractivity contribution in [3.05, 3.63) is 58.1 Å². The van der Waals surface area contributed by atoms with Crippen molar-refractivity contribution in [3.8, 4) is 6.07 Å². The van der Waals surface area contributed by atoms with Crippen molar-refractivity contribution < 1.29 is 13.2 Å². The molecule has 0 fully saturated rings. The molecule has 0 aliphatic rings. The number of sulfonamides is 1. The van der Waals surface area contributed by atoms with Crippen LogP contribution in [0.5, 0.6) is 0 Å². The number of para-hydroxylation sites is 1. The van der Waals surface area contributed by atoms with Crippen molar-refractivity contribution in [2.24, 2.45) is 0 Å². The molecule has 0 aromatic heterocycles. The van der Waals surface area contributed by atoms with Crippen LogP contribution in [0.3, 0.4) is 0 Å². The molecule has 9 heteroatoms. The number of hydrogen-bond acceptors (Lipinski definition) is 4. The van der Waals surface area contributed by atoms with E-state index in [9.17, 15) is 13.2 Å². The zero-order valence-electron chi connectivity index (χ0n) is 13.0. The fraction of sp³-hybridized carbons (Fsp3) is 0.125. The minimum atomic E-state index is -3.81. The van der Waals surface area contributed by atoms with Crippen molar-refractivity contribution >= 4 is 50.5 Å². The van der Waals surface area contributed by atoms with Crippen molar-refractivity contribution in [3.63, 3.8) is 0 Å². The lowest BCUT2D eigenvalue weighted by Gasteiger charge is -2.23. The second kappa shape index (κ2) is 7.74. The highest BCUT2D eigenvalue weighted by Crippen LogP contribution is 2.34. The second-order valence-electron chi connectivity index (χ2n) is 5.08. The van der Waals surface area contributed by atoms with Crippen molar-refractivity contribution in [1.82, 2.24) is 0 Å². The van der Waals surface area contributed by atoms with Gasteiger partial charge in [-0.05, 0) is 30.3 Å². The normalized spacial score (nSPS) is 10.8. The molecule has 0 atom stereocenters. The van der Waals surface area contributed by atoms with Gasteiger partial charge in [0, 0.05) is 5.69 Å². The molecule has 0 saturated heterocycles. The van der Waals surface area contributed by atoms with Crippen LogP contribution in [-0.4, -0.2) is 27.1 Å². The molecule has 0 spiro atoms. The summed E-state index contributed by atoms with van der Waals surface area (Å²) < 4.78 is 25.1. The Bertz CT molecular complexity index is 935. The van der Waals surface area contributed by atoms with Crippen molar-refractivity contribution in [2.45, 2.75) is 0 Å². The summed E-state index contributed by atoms with van der Waals surface area (Å²) in [5.74, 6) is -0.600. The number of rotatable bonds is 5. The minimum Gasteiger partial charge on any atom is -0.324 e. The van der Waals surface area contributed by atoms with E-state index in [1.54, 1.807) is 24.3 Å². The van der Waals surface area contributed by atoms with Crippen LogP contribution in [0.1, 0.15) is 5.56 Å². The third kappa shape index (κ3) is 4.86. The predicted octanol–water partition coefficient (Wildman–Crippen LogP) is 3.27. The van der Waals surface area contributed by atoms with Crippen LogP contribution in [0, 0.1) is 11.3 Å². The van der Waals surface area contributed by atoms with Crippen LogP contribution in [0.25, 0.3) is 0 Å². The highest BCUT2D eigenvalue weighted by Gasteiger charge is 2.25. The molecule has 0 aliphatic heterocycles. The molecule has 0 heterocycles. The van der Waals surface area contributed by atoms with Crippen molar-refractivity contribution in [2.75, 3.05) is 22.4 Å². The molecule has 1 N–H and O–H groups in total. The fourth-order valence-corrected chi connectivity index (χ4v) is 3.67. The molecule has 0 unspecified atom stereocenters. The quantitative estimate of drug-likeness (QED) is 0.837. The first-order chi connectivity index (χ1) is 11.7. The van der Waals surface area contributed by atoms with E-state index in [-0.39, 0.29) is 15.7 Å². The molecule has 2 aromatic rings. The standard InChI is InChI=1S/C16H13Cl2N3O3S/c1-25(23,24)21(16-13(17)6-3-7-14(16)18)10-15(22)20-12-5-2-4-11(8-12)9-19/h2-8H,10H2,1H3,(H,20,22). The van der Waals surface area contributed by atoms with Crippen LogP contribution in [0.15, 0.2) is 42.5 Å². The molecule has 6 nitrogen and oxygen atoms in total. The number of anilines is 2. The summed E-state index contributed by atoms with van der Waals surface area (Å²) in [6, 6.07) is 12.7. The van der Waals surface area contributed by atoms with Crippen LogP contribution < -0.4 is 9.62 Å². The lowest BCUT2D eigenvalue weighted by Crippen LogP contribution is -2.37. The van der Waals surface area contributed by atoms with E-state index in [4.69, 9.17) is 28.5 Å². The number of hydrogen-bond donors (Lipinski definition) is 1. The van der Waals surface area contributed by atoms with E-state index in [1.807, 2.05) is 6.07 Å². The summed E-state index contributed by atoms with van der Waals surface area (Å²) in [5, 5.41) is 11.6. The first-order valence-corrected chi connectivity index (χ1v) is 9.54. The van der Waals surface area contributed by atoms with E-state index >= 15 is 0 Å². The van der Waals surface area contributed by atoms with E-state index in [1.165, 1.54) is 18.2 Å². The largest absolute Gasteiger partial charge is 0.324 e. The Kier molecular flexibility index (Phi) is 5.90. The SMILES string of the molecule is CS(=O)(=O)N(CC(=O)Nc1cccc(C#N)c1)c1c(Cl)cccc1Cl. The molecular formula is C16H13Cl2N3O3S. The van der Waals surface area contributed by atoms with Gasteiger partial charge in [0.25, 0.3) is 0 Å². The third-order valence-corrected chi connectivity index (χ3v) is 4.87. The maximum Gasteiger partial charge on any atom is 0.245 e. The minimum absolute atomic E-state index is 0.0364. The number of nitriles is 1. The second-order valence-corrected chi connectivity index (χ2v) is 7.80. The van der Waals surface area contributed by atoms with Crippen LogP contribution in [-0.2, 0) is 14.8 Å². The van der Waals surface area contributed by atoms with Gasteiger partial charge >= 0.3 is 0 Å². The number of carbonyl (C=O) groups is 1. The van der Waals surface area contributed by atoms with E-state index in [0.717, 1.165) is 10.6 Å². The maximum absolute atomic E-state index is 12.3. The monoisotopic (exact) mass is 397 g/mol. The Morgan fingerprint density at radius 1 is 1.20 bits per heavy atom. The number of carbonyl (C=O) groups excluding carboxylic acids is 1. The van der Waals surface area contributed by atoms with Gasteiger partial charge in [0.15, 0.2) is 0 Å². The maximum atomic E-state index is 12.3. The summed E-state index contributed by atoms with van der Waals surface area (Å²) in [6.07, 6.45) is 0.955. The van der Waals surface area contributed by atoms with Gasteiger partial charge in [-0.1, -0.05) is 35.3 Å². The zero-order valence-corrected chi connectivity index (χ0v) is 15.4. The molecule has 2 aromatic carbocycles. The molecule has 0 aliphatic carbocycles.